The second-order valence-electron chi connectivity index (χ2n) is 9.31. The Morgan fingerprint density at radius 2 is 1.85 bits per heavy atom. The average molecular weight is 604 g/mol. The Hall–Kier alpha value is -2.92. The summed E-state index contributed by atoms with van der Waals surface area (Å²) in [6, 6.07) is 14.2. The van der Waals surface area contributed by atoms with Crippen LogP contribution in [0.15, 0.2) is 53.7 Å². The van der Waals surface area contributed by atoms with E-state index in [0.29, 0.717) is 33.1 Å². The molecule has 0 saturated carbocycles. The Kier molecular flexibility index (Phi) is 9.66. The van der Waals surface area contributed by atoms with Crippen LogP contribution in [0.2, 0.25) is 10.0 Å². The molecule has 8 nitrogen and oxygen atoms in total. The van der Waals surface area contributed by atoms with Gasteiger partial charge in [0.05, 0.1) is 28.1 Å². The molecule has 2 aromatic carbocycles. The number of nitrogens with one attached hydrogen (secondary N) is 2. The van der Waals surface area contributed by atoms with Crippen molar-refractivity contribution in [3.63, 3.8) is 0 Å². The summed E-state index contributed by atoms with van der Waals surface area (Å²) >= 11 is 14.9. The molecular weight excluding hydrogens is 575 g/mol. The Labute approximate surface area is 245 Å². The van der Waals surface area contributed by atoms with Gasteiger partial charge >= 0.3 is 0 Å². The van der Waals surface area contributed by atoms with E-state index in [1.54, 1.807) is 16.7 Å². The Bertz CT molecular complexity index is 1470. The lowest BCUT2D eigenvalue weighted by Crippen LogP contribution is -2.31. The molecule has 2 amide bonds. The molecule has 0 spiro atoms. The number of anilines is 1. The van der Waals surface area contributed by atoms with Gasteiger partial charge in [-0.2, -0.15) is 0 Å². The zero-order chi connectivity index (χ0) is 28.1. The number of aryl methyl sites for hydroxylation is 1. The first-order valence-corrected chi connectivity index (χ1v) is 14.8. The van der Waals surface area contributed by atoms with E-state index in [2.05, 4.69) is 39.7 Å². The summed E-state index contributed by atoms with van der Waals surface area (Å²) in [5.74, 6) is 0.479. The molecule has 4 rings (SSSR count). The fourth-order valence-corrected chi connectivity index (χ4v) is 6.03. The van der Waals surface area contributed by atoms with Crippen LogP contribution < -0.4 is 10.6 Å². The minimum absolute atomic E-state index is 0.132. The number of halogens is 2. The highest BCUT2D eigenvalue weighted by Gasteiger charge is 2.25. The smallest absolute Gasteiger partial charge is 0.253 e. The number of hydrogen-bond acceptors (Lipinski definition) is 7. The topological polar surface area (TPSA) is 102 Å². The fraction of sp³-hybridized carbons (Fsp3) is 0.296. The van der Waals surface area contributed by atoms with Crippen molar-refractivity contribution in [2.45, 2.75) is 38.4 Å². The molecule has 0 saturated heterocycles. The second kappa shape index (κ2) is 13.0. The summed E-state index contributed by atoms with van der Waals surface area (Å²) in [6.45, 7) is 6.11. The van der Waals surface area contributed by atoms with Crippen molar-refractivity contribution in [3.05, 3.63) is 74.8 Å². The number of carbonyl (C=O) groups excluding carboxylic acids is 2. The average Bonchev–Trinajstić information content (AvgIpc) is 3.43. The zero-order valence-corrected chi connectivity index (χ0v) is 25.0. The van der Waals surface area contributed by atoms with Crippen LogP contribution in [0.1, 0.15) is 47.4 Å². The van der Waals surface area contributed by atoms with Crippen molar-refractivity contribution in [2.24, 2.45) is 13.0 Å². The fourth-order valence-electron chi connectivity index (χ4n) is 3.96. The molecular formula is C27H28Cl2N6O2S2. The normalized spacial score (nSPS) is 12.0. The van der Waals surface area contributed by atoms with E-state index in [4.69, 9.17) is 23.2 Å². The highest BCUT2D eigenvalue weighted by molar-refractivity contribution is 7.99. The van der Waals surface area contributed by atoms with Crippen LogP contribution in [-0.2, 0) is 11.8 Å². The van der Waals surface area contributed by atoms with Crippen molar-refractivity contribution < 1.29 is 9.59 Å². The van der Waals surface area contributed by atoms with E-state index >= 15 is 0 Å². The van der Waals surface area contributed by atoms with Gasteiger partial charge in [0.1, 0.15) is 0 Å². The maximum Gasteiger partial charge on any atom is 0.253 e. The molecule has 0 aliphatic carbocycles. The quantitative estimate of drug-likeness (QED) is 0.193. The van der Waals surface area contributed by atoms with Crippen LogP contribution in [0.4, 0.5) is 5.13 Å². The Morgan fingerprint density at radius 3 is 2.54 bits per heavy atom. The number of benzene rings is 2. The number of nitrogens with zero attached hydrogens (tertiary/aromatic N) is 4. The van der Waals surface area contributed by atoms with E-state index in [1.807, 2.05) is 44.3 Å². The molecule has 0 aliphatic rings. The van der Waals surface area contributed by atoms with Crippen LogP contribution in [0.25, 0.3) is 11.3 Å². The van der Waals surface area contributed by atoms with Gasteiger partial charge in [0, 0.05) is 22.5 Å². The van der Waals surface area contributed by atoms with Gasteiger partial charge in [-0.05, 0) is 37.5 Å². The van der Waals surface area contributed by atoms with E-state index < -0.39 is 6.04 Å². The van der Waals surface area contributed by atoms with E-state index in [-0.39, 0.29) is 28.5 Å². The van der Waals surface area contributed by atoms with Crippen molar-refractivity contribution in [1.82, 2.24) is 25.1 Å². The van der Waals surface area contributed by atoms with Gasteiger partial charge in [-0.25, -0.2) is 4.98 Å². The Balaban J connectivity index is 1.41. The molecule has 0 fully saturated rings. The summed E-state index contributed by atoms with van der Waals surface area (Å²) in [6.07, 6.45) is 0.640. The predicted molar refractivity (Wildman–Crippen MR) is 159 cm³/mol. The van der Waals surface area contributed by atoms with Gasteiger partial charge in [-0.3, -0.25) is 9.59 Å². The van der Waals surface area contributed by atoms with Gasteiger partial charge in [-0.1, -0.05) is 79.1 Å². The molecule has 2 aromatic heterocycles. The minimum atomic E-state index is -0.403. The maximum atomic E-state index is 13.0. The van der Waals surface area contributed by atoms with E-state index in [1.165, 1.54) is 29.2 Å². The summed E-state index contributed by atoms with van der Waals surface area (Å²) < 4.78 is 1.80. The number of aromatic nitrogens is 4. The predicted octanol–water partition coefficient (Wildman–Crippen LogP) is 6.80. The molecule has 39 heavy (non-hydrogen) atoms. The summed E-state index contributed by atoms with van der Waals surface area (Å²) in [4.78, 5) is 31.3. The largest absolute Gasteiger partial charge is 0.342 e. The lowest BCUT2D eigenvalue weighted by atomic mass is 10.0. The second-order valence-corrected chi connectivity index (χ2v) is 12.3. The van der Waals surface area contributed by atoms with Crippen LogP contribution in [0.3, 0.4) is 0 Å². The highest BCUT2D eigenvalue weighted by atomic mass is 35.5. The van der Waals surface area contributed by atoms with E-state index in [0.717, 1.165) is 16.1 Å². The highest BCUT2D eigenvalue weighted by Crippen LogP contribution is 2.31. The number of thioether (sulfide) groups is 1. The standard InChI is InChI=1S/C27H28Cl2N6O2S2/c1-15(2)12-21(30-25(37)19-11-10-18(28)13-20(19)29)24-33-34-27(35(24)4)38-14-22(36)31-26-32-23(16(3)39-26)17-8-6-5-7-9-17/h5-11,13,15,21H,12,14H2,1-4H3,(H,30,37)(H,31,32,36)/t21-/m0/s1. The molecule has 4 aromatic rings. The molecule has 2 heterocycles. The molecule has 12 heteroatoms. The SMILES string of the molecule is Cc1sc(NC(=O)CSc2nnc([C@H](CC(C)C)NC(=O)c3ccc(Cl)cc3Cl)n2C)nc1-c1ccccc1. The van der Waals surface area contributed by atoms with Gasteiger partial charge < -0.3 is 15.2 Å². The van der Waals surface area contributed by atoms with Crippen LogP contribution in [0.5, 0.6) is 0 Å². The lowest BCUT2D eigenvalue weighted by Gasteiger charge is -2.20. The first-order chi connectivity index (χ1) is 18.6. The third-order valence-corrected chi connectivity index (χ3v) is 8.25. The molecule has 0 radical (unpaired) electrons. The zero-order valence-electron chi connectivity index (χ0n) is 21.9. The molecule has 2 N–H and O–H groups in total. The molecule has 0 aliphatic heterocycles. The molecule has 1 atom stereocenters. The van der Waals surface area contributed by atoms with Gasteiger partial charge in [0.2, 0.25) is 5.91 Å². The minimum Gasteiger partial charge on any atom is -0.342 e. The number of amides is 2. The van der Waals surface area contributed by atoms with E-state index in [9.17, 15) is 9.59 Å². The lowest BCUT2D eigenvalue weighted by molar-refractivity contribution is -0.113. The Morgan fingerprint density at radius 1 is 1.10 bits per heavy atom. The third-order valence-electron chi connectivity index (χ3n) is 5.79. The van der Waals surface area contributed by atoms with Crippen molar-refractivity contribution in [3.8, 4) is 11.3 Å². The van der Waals surface area contributed by atoms with Crippen molar-refractivity contribution in [1.29, 1.82) is 0 Å². The molecule has 0 unspecified atom stereocenters. The number of carbonyl (C=O) groups is 2. The van der Waals surface area contributed by atoms with Gasteiger partial charge in [0.25, 0.3) is 5.91 Å². The summed E-state index contributed by atoms with van der Waals surface area (Å²) in [7, 11) is 1.82. The summed E-state index contributed by atoms with van der Waals surface area (Å²) in [5.41, 5.74) is 2.20. The number of hydrogen-bond donors (Lipinski definition) is 2. The molecule has 0 bridgehead atoms. The van der Waals surface area contributed by atoms with Gasteiger partial charge in [0.15, 0.2) is 16.1 Å². The first-order valence-electron chi connectivity index (χ1n) is 12.2. The number of rotatable bonds is 10. The van der Waals surface area contributed by atoms with Crippen LogP contribution >= 0.6 is 46.3 Å². The monoisotopic (exact) mass is 602 g/mol. The number of thiazole rings is 1. The van der Waals surface area contributed by atoms with Crippen molar-refractivity contribution >= 4 is 63.2 Å². The van der Waals surface area contributed by atoms with Crippen molar-refractivity contribution in [2.75, 3.05) is 11.1 Å². The maximum absolute atomic E-state index is 13.0. The third kappa shape index (κ3) is 7.39. The molecule has 204 valence electrons. The van der Waals surface area contributed by atoms with Gasteiger partial charge in [-0.15, -0.1) is 21.5 Å². The van der Waals surface area contributed by atoms with Crippen LogP contribution in [-0.4, -0.2) is 37.3 Å². The first kappa shape index (κ1) is 29.1. The van der Waals surface area contributed by atoms with Crippen LogP contribution in [0, 0.1) is 12.8 Å². The summed E-state index contributed by atoms with van der Waals surface area (Å²) in [5, 5.41) is 16.4.